The van der Waals surface area contributed by atoms with Crippen LogP contribution in [0.15, 0.2) is 18.2 Å². The van der Waals surface area contributed by atoms with E-state index in [1.54, 1.807) is 0 Å². The predicted molar refractivity (Wildman–Crippen MR) is 81.0 cm³/mol. The zero-order valence-electron chi connectivity index (χ0n) is 12.5. The highest BCUT2D eigenvalue weighted by atomic mass is 16.3. The Labute approximate surface area is 120 Å². The molecule has 1 atom stereocenters. The average Bonchev–Trinajstić information content (AvgIpc) is 2.77. The van der Waals surface area contributed by atoms with Crippen molar-refractivity contribution in [2.24, 2.45) is 0 Å². The van der Waals surface area contributed by atoms with Gasteiger partial charge in [-0.2, -0.15) is 0 Å². The lowest BCUT2D eigenvalue weighted by molar-refractivity contribution is -0.117. The normalized spacial score (nSPS) is 19.6. The fourth-order valence-corrected chi connectivity index (χ4v) is 2.68. The molecule has 1 fully saturated rings. The molecule has 0 aliphatic carbocycles. The molecule has 20 heavy (non-hydrogen) atoms. The Morgan fingerprint density at radius 1 is 1.50 bits per heavy atom. The Kier molecular flexibility index (Phi) is 4.78. The highest BCUT2D eigenvalue weighted by molar-refractivity contribution is 5.94. The Bertz CT molecular complexity index is 485. The van der Waals surface area contributed by atoms with Crippen molar-refractivity contribution in [2.75, 3.05) is 25.0 Å². The second-order valence-corrected chi connectivity index (χ2v) is 5.92. The van der Waals surface area contributed by atoms with Gasteiger partial charge in [0, 0.05) is 18.8 Å². The van der Waals surface area contributed by atoms with Gasteiger partial charge in [0.2, 0.25) is 5.91 Å². The summed E-state index contributed by atoms with van der Waals surface area (Å²) in [7, 11) is 0. The Morgan fingerprint density at radius 2 is 2.25 bits per heavy atom. The van der Waals surface area contributed by atoms with Crippen LogP contribution in [-0.2, 0) is 4.79 Å². The molecule has 1 aliphatic heterocycles. The predicted octanol–water partition coefficient (Wildman–Crippen LogP) is 2.12. The van der Waals surface area contributed by atoms with Gasteiger partial charge in [0.25, 0.3) is 0 Å². The molecule has 1 aliphatic rings. The third-order valence-electron chi connectivity index (χ3n) is 3.81. The highest BCUT2D eigenvalue weighted by Crippen LogP contribution is 2.27. The van der Waals surface area contributed by atoms with Crippen LogP contribution < -0.4 is 5.32 Å². The first kappa shape index (κ1) is 15.0. The average molecular weight is 276 g/mol. The van der Waals surface area contributed by atoms with Crippen molar-refractivity contribution >= 4 is 11.6 Å². The lowest BCUT2D eigenvalue weighted by Gasteiger charge is -2.19. The van der Waals surface area contributed by atoms with Crippen molar-refractivity contribution < 1.29 is 9.90 Å². The monoisotopic (exact) mass is 276 g/mol. The van der Waals surface area contributed by atoms with Crippen molar-refractivity contribution in [2.45, 2.75) is 39.2 Å². The number of aliphatic hydroxyl groups excluding tert-OH is 1. The van der Waals surface area contributed by atoms with Crippen LogP contribution in [0.1, 0.15) is 37.3 Å². The largest absolute Gasteiger partial charge is 0.392 e. The lowest BCUT2D eigenvalue weighted by atomic mass is 9.98. The maximum atomic E-state index is 12.2. The van der Waals surface area contributed by atoms with Crippen molar-refractivity contribution in [3.8, 4) is 0 Å². The zero-order valence-corrected chi connectivity index (χ0v) is 12.5. The van der Waals surface area contributed by atoms with Crippen LogP contribution in [-0.4, -0.2) is 41.7 Å². The minimum Gasteiger partial charge on any atom is -0.392 e. The number of β-amino-alcohol motifs (C(OH)–C–C–N with tert-alkyl or cyclic N) is 1. The summed E-state index contributed by atoms with van der Waals surface area (Å²) in [4.78, 5) is 14.2. The van der Waals surface area contributed by atoms with Gasteiger partial charge >= 0.3 is 0 Å². The maximum absolute atomic E-state index is 12.2. The Hall–Kier alpha value is -1.39. The van der Waals surface area contributed by atoms with Crippen molar-refractivity contribution in [3.63, 3.8) is 0 Å². The SMILES string of the molecule is Cc1cccc(C(C)C)c1NC(=O)CN1CC[C@H](O)C1. The van der Waals surface area contributed by atoms with Crippen molar-refractivity contribution in [1.29, 1.82) is 0 Å². The first-order valence-electron chi connectivity index (χ1n) is 7.27. The van der Waals surface area contributed by atoms with E-state index < -0.39 is 0 Å². The van der Waals surface area contributed by atoms with E-state index >= 15 is 0 Å². The molecule has 0 unspecified atom stereocenters. The second-order valence-electron chi connectivity index (χ2n) is 5.92. The number of nitrogens with one attached hydrogen (secondary N) is 1. The van der Waals surface area contributed by atoms with E-state index in [9.17, 15) is 9.90 Å². The quantitative estimate of drug-likeness (QED) is 0.885. The number of carbonyl (C=O) groups excluding carboxylic acids is 1. The fraction of sp³-hybridized carbons (Fsp3) is 0.562. The van der Waals surface area contributed by atoms with E-state index in [-0.39, 0.29) is 12.0 Å². The molecule has 1 aromatic rings. The van der Waals surface area contributed by atoms with E-state index in [4.69, 9.17) is 0 Å². The summed E-state index contributed by atoms with van der Waals surface area (Å²) in [5, 5.41) is 12.5. The van der Waals surface area contributed by atoms with Gasteiger partial charge in [0.15, 0.2) is 0 Å². The van der Waals surface area contributed by atoms with Crippen LogP contribution in [0.2, 0.25) is 0 Å². The van der Waals surface area contributed by atoms with Crippen LogP contribution in [0.4, 0.5) is 5.69 Å². The number of para-hydroxylation sites is 1. The molecule has 0 radical (unpaired) electrons. The first-order valence-corrected chi connectivity index (χ1v) is 7.27. The lowest BCUT2D eigenvalue weighted by Crippen LogP contribution is -2.32. The summed E-state index contributed by atoms with van der Waals surface area (Å²) in [6, 6.07) is 6.10. The van der Waals surface area contributed by atoms with E-state index in [1.807, 2.05) is 24.0 Å². The van der Waals surface area contributed by atoms with Crippen LogP contribution in [0.5, 0.6) is 0 Å². The molecule has 1 saturated heterocycles. The number of rotatable bonds is 4. The summed E-state index contributed by atoms with van der Waals surface area (Å²) in [5.41, 5.74) is 3.19. The number of amides is 1. The van der Waals surface area contributed by atoms with Gasteiger partial charge < -0.3 is 10.4 Å². The van der Waals surface area contributed by atoms with Gasteiger partial charge in [0.05, 0.1) is 12.6 Å². The highest BCUT2D eigenvalue weighted by Gasteiger charge is 2.22. The molecule has 0 aromatic heterocycles. The number of nitrogens with zero attached hydrogens (tertiary/aromatic N) is 1. The van der Waals surface area contributed by atoms with Gasteiger partial charge in [-0.3, -0.25) is 9.69 Å². The number of carbonyl (C=O) groups is 1. The number of aryl methyl sites for hydroxylation is 1. The Balaban J connectivity index is 2.04. The van der Waals surface area contributed by atoms with Gasteiger partial charge in [-0.15, -0.1) is 0 Å². The molecular weight excluding hydrogens is 252 g/mol. The summed E-state index contributed by atoms with van der Waals surface area (Å²) in [6.07, 6.45) is 0.474. The molecule has 0 saturated carbocycles. The summed E-state index contributed by atoms with van der Waals surface area (Å²) < 4.78 is 0. The molecular formula is C16H24N2O2. The number of hydrogen-bond acceptors (Lipinski definition) is 3. The number of likely N-dealkylation sites (tertiary alicyclic amines) is 1. The number of benzene rings is 1. The van der Waals surface area contributed by atoms with E-state index in [1.165, 1.54) is 5.56 Å². The standard InChI is InChI=1S/C16H24N2O2/c1-11(2)14-6-4-5-12(3)16(14)17-15(20)10-18-8-7-13(19)9-18/h4-6,11,13,19H,7-10H2,1-3H3,(H,17,20)/t13-/m0/s1. The van der Waals surface area contributed by atoms with Crippen LogP contribution in [0.25, 0.3) is 0 Å². The van der Waals surface area contributed by atoms with E-state index in [2.05, 4.69) is 25.2 Å². The zero-order chi connectivity index (χ0) is 14.7. The van der Waals surface area contributed by atoms with Crippen molar-refractivity contribution in [3.05, 3.63) is 29.3 Å². The van der Waals surface area contributed by atoms with Gasteiger partial charge in [-0.05, 0) is 30.4 Å². The molecule has 2 rings (SSSR count). The third kappa shape index (κ3) is 3.58. The van der Waals surface area contributed by atoms with Crippen LogP contribution >= 0.6 is 0 Å². The first-order chi connectivity index (χ1) is 9.47. The van der Waals surface area contributed by atoms with Crippen molar-refractivity contribution in [1.82, 2.24) is 4.90 Å². The van der Waals surface area contributed by atoms with Gasteiger partial charge in [-0.25, -0.2) is 0 Å². The second kappa shape index (κ2) is 6.37. The molecule has 1 aromatic carbocycles. The van der Waals surface area contributed by atoms with E-state index in [0.29, 0.717) is 19.0 Å². The molecule has 2 N–H and O–H groups in total. The third-order valence-corrected chi connectivity index (χ3v) is 3.81. The van der Waals surface area contributed by atoms with Crippen LogP contribution in [0.3, 0.4) is 0 Å². The minimum atomic E-state index is -0.285. The molecule has 1 amide bonds. The molecule has 4 heteroatoms. The topological polar surface area (TPSA) is 52.6 Å². The van der Waals surface area contributed by atoms with Crippen LogP contribution in [0, 0.1) is 6.92 Å². The summed E-state index contributed by atoms with van der Waals surface area (Å²) in [6.45, 7) is 8.00. The summed E-state index contributed by atoms with van der Waals surface area (Å²) >= 11 is 0. The molecule has 110 valence electrons. The maximum Gasteiger partial charge on any atom is 0.238 e. The molecule has 1 heterocycles. The van der Waals surface area contributed by atoms with E-state index in [0.717, 1.165) is 24.2 Å². The number of hydrogen-bond donors (Lipinski definition) is 2. The Morgan fingerprint density at radius 3 is 2.85 bits per heavy atom. The van der Waals surface area contributed by atoms with Gasteiger partial charge in [0.1, 0.15) is 0 Å². The number of anilines is 1. The number of aliphatic hydroxyl groups is 1. The summed E-state index contributed by atoms with van der Waals surface area (Å²) in [5.74, 6) is 0.370. The minimum absolute atomic E-state index is 0.00435. The fourth-order valence-electron chi connectivity index (χ4n) is 2.68. The smallest absolute Gasteiger partial charge is 0.238 e. The van der Waals surface area contributed by atoms with Gasteiger partial charge in [-0.1, -0.05) is 32.0 Å². The molecule has 4 nitrogen and oxygen atoms in total. The molecule has 0 bridgehead atoms. The molecule has 0 spiro atoms.